The summed E-state index contributed by atoms with van der Waals surface area (Å²) in [6.45, 7) is 2.07. The van der Waals surface area contributed by atoms with Gasteiger partial charge in [0, 0.05) is 17.8 Å². The fourth-order valence-electron chi connectivity index (χ4n) is 1.55. The molecule has 0 amide bonds. The number of hydrogen-bond acceptors (Lipinski definition) is 4. The van der Waals surface area contributed by atoms with Gasteiger partial charge in [-0.2, -0.15) is 0 Å². The Hall–Kier alpha value is -1.81. The molecule has 0 aromatic carbocycles. The van der Waals surface area contributed by atoms with Gasteiger partial charge in [0.2, 0.25) is 0 Å². The minimum atomic E-state index is 0.690. The van der Waals surface area contributed by atoms with Crippen LogP contribution in [-0.4, -0.2) is 15.0 Å². The number of hydrogen-bond donors (Lipinski definition) is 0. The number of rotatable bonds is 1. The summed E-state index contributed by atoms with van der Waals surface area (Å²) in [6.07, 6.45) is 3.63. The fraction of sp³-hybridized carbons (Fsp3) is 0.0833. The third kappa shape index (κ3) is 1.47. The van der Waals surface area contributed by atoms with Crippen molar-refractivity contribution < 1.29 is 0 Å². The Kier molecular flexibility index (Phi) is 2.15. The fourth-order valence-corrected chi connectivity index (χ4v) is 2.45. The lowest BCUT2D eigenvalue weighted by Gasteiger charge is -1.98. The molecule has 0 radical (unpaired) electrons. The van der Waals surface area contributed by atoms with E-state index in [4.69, 9.17) is 0 Å². The Labute approximate surface area is 96.8 Å². The second kappa shape index (κ2) is 3.64. The molecule has 0 saturated heterocycles. The van der Waals surface area contributed by atoms with Gasteiger partial charge in [0.25, 0.3) is 0 Å². The molecule has 0 aliphatic carbocycles. The molecule has 16 heavy (non-hydrogen) atoms. The van der Waals surface area contributed by atoms with Crippen molar-refractivity contribution in [3.63, 3.8) is 0 Å². The normalized spacial score (nSPS) is 10.8. The van der Waals surface area contributed by atoms with Crippen molar-refractivity contribution in [1.29, 1.82) is 0 Å². The molecule has 4 heteroatoms. The van der Waals surface area contributed by atoms with Gasteiger partial charge >= 0.3 is 0 Å². The average Bonchev–Trinajstić information content (AvgIpc) is 2.72. The van der Waals surface area contributed by atoms with Gasteiger partial charge in [-0.05, 0) is 30.0 Å². The van der Waals surface area contributed by atoms with Crippen LogP contribution in [0, 0.1) is 6.92 Å². The van der Waals surface area contributed by atoms with Crippen molar-refractivity contribution in [3.8, 4) is 11.5 Å². The Morgan fingerprint density at radius 3 is 2.94 bits per heavy atom. The molecular formula is C12H9N3S. The highest BCUT2D eigenvalue weighted by atomic mass is 32.1. The summed E-state index contributed by atoms with van der Waals surface area (Å²) in [7, 11) is 0. The van der Waals surface area contributed by atoms with Crippen LogP contribution in [0.2, 0.25) is 0 Å². The van der Waals surface area contributed by atoms with Crippen molar-refractivity contribution in [3.05, 3.63) is 41.5 Å². The van der Waals surface area contributed by atoms with Gasteiger partial charge in [-0.1, -0.05) is 6.07 Å². The first-order valence-corrected chi connectivity index (χ1v) is 5.85. The minimum Gasteiger partial charge on any atom is -0.253 e. The SMILES string of the molecule is Cc1csc2nc(-c3ccccn3)ncc12. The maximum absolute atomic E-state index is 4.51. The van der Waals surface area contributed by atoms with Crippen molar-refractivity contribution in [2.45, 2.75) is 6.92 Å². The summed E-state index contributed by atoms with van der Waals surface area (Å²) in [5.41, 5.74) is 2.04. The summed E-state index contributed by atoms with van der Waals surface area (Å²) in [6, 6.07) is 5.74. The molecule has 0 aliphatic rings. The predicted molar refractivity (Wildman–Crippen MR) is 65.4 cm³/mol. The Morgan fingerprint density at radius 2 is 2.12 bits per heavy atom. The molecule has 3 rings (SSSR count). The highest BCUT2D eigenvalue weighted by Crippen LogP contribution is 2.24. The van der Waals surface area contributed by atoms with E-state index in [-0.39, 0.29) is 0 Å². The number of aryl methyl sites for hydroxylation is 1. The molecule has 0 aliphatic heterocycles. The first kappa shape index (κ1) is 9.42. The van der Waals surface area contributed by atoms with E-state index in [2.05, 4.69) is 27.3 Å². The van der Waals surface area contributed by atoms with E-state index in [0.717, 1.165) is 15.9 Å². The first-order valence-electron chi connectivity index (χ1n) is 4.97. The molecule has 0 spiro atoms. The van der Waals surface area contributed by atoms with Crippen LogP contribution in [0.5, 0.6) is 0 Å². The molecule has 3 nitrogen and oxygen atoms in total. The van der Waals surface area contributed by atoms with E-state index in [1.165, 1.54) is 5.56 Å². The van der Waals surface area contributed by atoms with E-state index in [0.29, 0.717) is 5.82 Å². The van der Waals surface area contributed by atoms with Gasteiger partial charge in [-0.25, -0.2) is 9.97 Å². The molecule has 3 aromatic heterocycles. The standard InChI is InChI=1S/C12H9N3S/c1-8-7-16-12-9(8)6-14-11(15-12)10-4-2-3-5-13-10/h2-7H,1H3. The largest absolute Gasteiger partial charge is 0.253 e. The molecule has 78 valence electrons. The third-order valence-corrected chi connectivity index (χ3v) is 3.43. The Bertz CT molecular complexity index is 631. The summed E-state index contributed by atoms with van der Waals surface area (Å²) >= 11 is 1.64. The van der Waals surface area contributed by atoms with Crippen molar-refractivity contribution in [2.75, 3.05) is 0 Å². The second-order valence-electron chi connectivity index (χ2n) is 3.55. The Balaban J connectivity index is 2.19. The van der Waals surface area contributed by atoms with Crippen LogP contribution in [0.4, 0.5) is 0 Å². The number of aromatic nitrogens is 3. The number of nitrogens with zero attached hydrogens (tertiary/aromatic N) is 3. The lowest BCUT2D eigenvalue weighted by molar-refractivity contribution is 1.18. The van der Waals surface area contributed by atoms with E-state index < -0.39 is 0 Å². The predicted octanol–water partition coefficient (Wildman–Crippen LogP) is 3.06. The van der Waals surface area contributed by atoms with E-state index >= 15 is 0 Å². The Morgan fingerprint density at radius 1 is 1.19 bits per heavy atom. The second-order valence-corrected chi connectivity index (χ2v) is 4.40. The summed E-state index contributed by atoms with van der Waals surface area (Å²) in [4.78, 5) is 14.1. The third-order valence-electron chi connectivity index (χ3n) is 2.42. The average molecular weight is 227 g/mol. The molecule has 3 heterocycles. The van der Waals surface area contributed by atoms with E-state index in [9.17, 15) is 0 Å². The number of pyridine rings is 1. The molecule has 0 N–H and O–H groups in total. The first-order chi connectivity index (χ1) is 7.84. The zero-order valence-electron chi connectivity index (χ0n) is 8.71. The minimum absolute atomic E-state index is 0.690. The van der Waals surface area contributed by atoms with Crippen molar-refractivity contribution in [2.24, 2.45) is 0 Å². The lowest BCUT2D eigenvalue weighted by Crippen LogP contribution is -1.90. The highest BCUT2D eigenvalue weighted by Gasteiger charge is 2.06. The monoisotopic (exact) mass is 227 g/mol. The molecule has 0 fully saturated rings. The molecule has 0 saturated carbocycles. The van der Waals surface area contributed by atoms with Gasteiger partial charge < -0.3 is 0 Å². The van der Waals surface area contributed by atoms with E-state index in [1.807, 2.05) is 24.4 Å². The maximum Gasteiger partial charge on any atom is 0.179 e. The molecule has 3 aromatic rings. The van der Waals surface area contributed by atoms with Gasteiger partial charge in [0.15, 0.2) is 5.82 Å². The molecule has 0 bridgehead atoms. The van der Waals surface area contributed by atoms with E-state index in [1.54, 1.807) is 17.5 Å². The van der Waals surface area contributed by atoms with Crippen LogP contribution in [-0.2, 0) is 0 Å². The summed E-state index contributed by atoms with van der Waals surface area (Å²) in [5, 5.41) is 3.23. The lowest BCUT2D eigenvalue weighted by atomic mass is 10.3. The van der Waals surface area contributed by atoms with Gasteiger partial charge in [-0.3, -0.25) is 4.98 Å². The zero-order chi connectivity index (χ0) is 11.0. The van der Waals surface area contributed by atoms with Crippen LogP contribution < -0.4 is 0 Å². The molecule has 0 unspecified atom stereocenters. The van der Waals surface area contributed by atoms with Crippen LogP contribution in [0.15, 0.2) is 36.0 Å². The van der Waals surface area contributed by atoms with Crippen LogP contribution in [0.1, 0.15) is 5.56 Å². The summed E-state index contributed by atoms with van der Waals surface area (Å²) in [5.74, 6) is 0.690. The van der Waals surface area contributed by atoms with Crippen LogP contribution in [0.25, 0.3) is 21.7 Å². The van der Waals surface area contributed by atoms with Gasteiger partial charge in [-0.15, -0.1) is 11.3 Å². The number of thiophene rings is 1. The smallest absolute Gasteiger partial charge is 0.179 e. The van der Waals surface area contributed by atoms with Crippen LogP contribution in [0.3, 0.4) is 0 Å². The quantitative estimate of drug-likeness (QED) is 0.641. The summed E-state index contributed by atoms with van der Waals surface area (Å²) < 4.78 is 0. The van der Waals surface area contributed by atoms with Crippen LogP contribution >= 0.6 is 11.3 Å². The van der Waals surface area contributed by atoms with Crippen molar-refractivity contribution >= 4 is 21.6 Å². The molecular weight excluding hydrogens is 218 g/mol. The zero-order valence-corrected chi connectivity index (χ0v) is 9.53. The topological polar surface area (TPSA) is 38.7 Å². The van der Waals surface area contributed by atoms with Gasteiger partial charge in [0.1, 0.15) is 10.5 Å². The highest BCUT2D eigenvalue weighted by molar-refractivity contribution is 7.16. The van der Waals surface area contributed by atoms with Crippen molar-refractivity contribution in [1.82, 2.24) is 15.0 Å². The molecule has 0 atom stereocenters. The van der Waals surface area contributed by atoms with Gasteiger partial charge in [0.05, 0.1) is 0 Å². The number of fused-ring (bicyclic) bond motifs is 1. The maximum atomic E-state index is 4.51.